The fraction of sp³-hybridized carbons (Fsp3) is 0.625. The second kappa shape index (κ2) is 3.64. The molecule has 1 rings (SSSR count). The molecule has 0 aromatic rings. The highest BCUT2D eigenvalue weighted by molar-refractivity contribution is 5.82. The number of hydrogen-bond acceptors (Lipinski definition) is 3. The largest absolute Gasteiger partial charge is 0.382 e. The van der Waals surface area contributed by atoms with Gasteiger partial charge in [0.05, 0.1) is 6.61 Å². The molecule has 2 atom stereocenters. The van der Waals surface area contributed by atoms with Crippen LogP contribution in [-0.2, 0) is 14.3 Å². The molecule has 0 aromatic heterocycles. The predicted molar refractivity (Wildman–Crippen MR) is 40.4 cm³/mol. The highest BCUT2D eigenvalue weighted by Crippen LogP contribution is 2.11. The average molecular weight is 156 g/mol. The summed E-state index contributed by atoms with van der Waals surface area (Å²) in [7, 11) is 1.61. The van der Waals surface area contributed by atoms with Crippen molar-refractivity contribution < 1.29 is 14.3 Å². The van der Waals surface area contributed by atoms with Gasteiger partial charge in [-0.3, -0.25) is 4.79 Å². The van der Waals surface area contributed by atoms with Gasteiger partial charge in [-0.1, -0.05) is 6.08 Å². The molecule has 11 heavy (non-hydrogen) atoms. The van der Waals surface area contributed by atoms with E-state index in [4.69, 9.17) is 9.47 Å². The third-order valence-electron chi connectivity index (χ3n) is 1.55. The van der Waals surface area contributed by atoms with E-state index >= 15 is 0 Å². The summed E-state index contributed by atoms with van der Waals surface area (Å²) in [6.45, 7) is 2.03. The molecule has 0 bridgehead atoms. The third kappa shape index (κ3) is 2.13. The summed E-state index contributed by atoms with van der Waals surface area (Å²) < 4.78 is 10.1. The number of carbonyl (C=O) groups excluding carboxylic acids is 1. The Morgan fingerprint density at radius 3 is 2.82 bits per heavy atom. The first-order valence-electron chi connectivity index (χ1n) is 3.57. The molecule has 0 spiro atoms. The topological polar surface area (TPSA) is 35.5 Å². The molecular weight excluding hydrogens is 144 g/mol. The van der Waals surface area contributed by atoms with E-state index in [1.54, 1.807) is 13.2 Å². The number of Topliss-reactive ketones (excluding diaryl/α,β-unsaturated/α-hetero) is 1. The van der Waals surface area contributed by atoms with Crippen molar-refractivity contribution in [2.75, 3.05) is 13.7 Å². The van der Waals surface area contributed by atoms with Crippen LogP contribution in [0.2, 0.25) is 0 Å². The summed E-state index contributed by atoms with van der Waals surface area (Å²) in [5.41, 5.74) is 0. The van der Waals surface area contributed by atoms with Crippen molar-refractivity contribution in [2.24, 2.45) is 0 Å². The molecule has 0 fully saturated rings. The molecule has 0 N–H and O–H groups in total. The zero-order valence-corrected chi connectivity index (χ0v) is 6.74. The number of ether oxygens (including phenoxy) is 2. The Hall–Kier alpha value is -0.670. The van der Waals surface area contributed by atoms with Gasteiger partial charge in [-0.2, -0.15) is 0 Å². The lowest BCUT2D eigenvalue weighted by Crippen LogP contribution is -2.21. The molecule has 0 saturated carbocycles. The highest BCUT2D eigenvalue weighted by atomic mass is 16.5. The van der Waals surface area contributed by atoms with Crippen molar-refractivity contribution >= 4 is 5.78 Å². The Balaban J connectivity index is 2.36. The van der Waals surface area contributed by atoms with Gasteiger partial charge in [0.2, 0.25) is 0 Å². The minimum absolute atomic E-state index is 0.0415. The summed E-state index contributed by atoms with van der Waals surface area (Å²) in [4.78, 5) is 10.8. The number of ketones is 1. The van der Waals surface area contributed by atoms with Gasteiger partial charge in [0.1, 0.15) is 12.2 Å². The van der Waals surface area contributed by atoms with Crippen molar-refractivity contribution in [2.45, 2.75) is 19.1 Å². The molecular formula is C8H12O3. The predicted octanol–water partition coefficient (Wildman–Crippen LogP) is 0.545. The molecule has 2 unspecified atom stereocenters. The van der Waals surface area contributed by atoms with Gasteiger partial charge in [-0.15, -0.1) is 0 Å². The lowest BCUT2D eigenvalue weighted by Gasteiger charge is -2.10. The summed E-state index contributed by atoms with van der Waals surface area (Å²) in [5, 5.41) is 0. The fourth-order valence-corrected chi connectivity index (χ4v) is 0.994. The number of hydrogen-bond donors (Lipinski definition) is 0. The van der Waals surface area contributed by atoms with Gasteiger partial charge in [0.25, 0.3) is 0 Å². The standard InChI is InChI=1S/C8H12O3/c1-6(9)8-4-3-7(11-8)5-10-2/h3-4,7-8H,5H2,1-2H3. The minimum Gasteiger partial charge on any atom is -0.382 e. The van der Waals surface area contributed by atoms with Crippen LogP contribution in [0.25, 0.3) is 0 Å². The van der Waals surface area contributed by atoms with E-state index in [-0.39, 0.29) is 18.0 Å². The van der Waals surface area contributed by atoms with Crippen molar-refractivity contribution in [1.29, 1.82) is 0 Å². The van der Waals surface area contributed by atoms with Gasteiger partial charge >= 0.3 is 0 Å². The van der Waals surface area contributed by atoms with Crippen LogP contribution in [0.5, 0.6) is 0 Å². The Kier molecular flexibility index (Phi) is 2.79. The third-order valence-corrected chi connectivity index (χ3v) is 1.55. The summed E-state index contributed by atoms with van der Waals surface area (Å²) >= 11 is 0. The summed E-state index contributed by atoms with van der Waals surface area (Å²) in [5.74, 6) is 0.0415. The SMILES string of the molecule is COCC1C=CC(C(C)=O)O1. The van der Waals surface area contributed by atoms with Crippen LogP contribution in [0.1, 0.15) is 6.92 Å². The molecule has 1 aliphatic heterocycles. The second-order valence-corrected chi connectivity index (χ2v) is 2.55. The van der Waals surface area contributed by atoms with Crippen LogP contribution in [0.15, 0.2) is 12.2 Å². The first kappa shape index (κ1) is 8.43. The van der Waals surface area contributed by atoms with Crippen molar-refractivity contribution in [3.63, 3.8) is 0 Å². The van der Waals surface area contributed by atoms with Gasteiger partial charge in [0, 0.05) is 7.11 Å². The second-order valence-electron chi connectivity index (χ2n) is 2.55. The van der Waals surface area contributed by atoms with Gasteiger partial charge in [-0.25, -0.2) is 0 Å². The molecule has 0 amide bonds. The van der Waals surface area contributed by atoms with Crippen LogP contribution in [-0.4, -0.2) is 31.7 Å². The van der Waals surface area contributed by atoms with E-state index in [9.17, 15) is 4.79 Å². The van der Waals surface area contributed by atoms with Gasteiger partial charge < -0.3 is 9.47 Å². The Morgan fingerprint density at radius 1 is 1.64 bits per heavy atom. The van der Waals surface area contributed by atoms with E-state index in [1.165, 1.54) is 6.92 Å². The Morgan fingerprint density at radius 2 is 2.36 bits per heavy atom. The molecule has 0 saturated heterocycles. The van der Waals surface area contributed by atoms with Crippen LogP contribution in [0.4, 0.5) is 0 Å². The number of carbonyl (C=O) groups is 1. The Bertz CT molecular complexity index is 174. The molecule has 1 heterocycles. The monoisotopic (exact) mass is 156 g/mol. The van der Waals surface area contributed by atoms with Gasteiger partial charge in [-0.05, 0) is 13.0 Å². The van der Waals surface area contributed by atoms with E-state index in [0.717, 1.165) is 0 Å². The van der Waals surface area contributed by atoms with Crippen molar-refractivity contribution in [1.82, 2.24) is 0 Å². The van der Waals surface area contributed by atoms with E-state index in [2.05, 4.69) is 0 Å². The quantitative estimate of drug-likeness (QED) is 0.559. The van der Waals surface area contributed by atoms with Gasteiger partial charge in [0.15, 0.2) is 5.78 Å². The van der Waals surface area contributed by atoms with E-state index in [1.807, 2.05) is 6.08 Å². The maximum absolute atomic E-state index is 10.8. The van der Waals surface area contributed by atoms with Crippen LogP contribution in [0.3, 0.4) is 0 Å². The number of methoxy groups -OCH3 is 1. The average Bonchev–Trinajstić information content (AvgIpc) is 2.37. The molecule has 3 heteroatoms. The van der Waals surface area contributed by atoms with Crippen LogP contribution in [0, 0.1) is 0 Å². The van der Waals surface area contributed by atoms with E-state index < -0.39 is 0 Å². The maximum atomic E-state index is 10.8. The van der Waals surface area contributed by atoms with E-state index in [0.29, 0.717) is 6.61 Å². The summed E-state index contributed by atoms with van der Waals surface area (Å²) in [6.07, 6.45) is 3.23. The van der Waals surface area contributed by atoms with Crippen molar-refractivity contribution in [3.8, 4) is 0 Å². The summed E-state index contributed by atoms with van der Waals surface area (Å²) in [6, 6.07) is 0. The fourth-order valence-electron chi connectivity index (χ4n) is 0.994. The molecule has 1 aliphatic rings. The lowest BCUT2D eigenvalue weighted by atomic mass is 10.2. The maximum Gasteiger partial charge on any atom is 0.162 e. The first-order chi connectivity index (χ1) is 5.24. The first-order valence-corrected chi connectivity index (χ1v) is 3.57. The lowest BCUT2D eigenvalue weighted by molar-refractivity contribution is -0.127. The minimum atomic E-state index is -0.352. The smallest absolute Gasteiger partial charge is 0.162 e. The number of rotatable bonds is 3. The van der Waals surface area contributed by atoms with Crippen LogP contribution >= 0.6 is 0 Å². The Labute approximate surface area is 66.0 Å². The molecule has 0 radical (unpaired) electrons. The molecule has 0 aliphatic carbocycles. The molecule has 62 valence electrons. The van der Waals surface area contributed by atoms with Crippen molar-refractivity contribution in [3.05, 3.63) is 12.2 Å². The highest BCUT2D eigenvalue weighted by Gasteiger charge is 2.21. The molecule has 3 nitrogen and oxygen atoms in total. The zero-order chi connectivity index (χ0) is 8.27. The van der Waals surface area contributed by atoms with Crippen LogP contribution < -0.4 is 0 Å². The molecule has 0 aromatic carbocycles. The normalized spacial score (nSPS) is 29.3. The zero-order valence-electron chi connectivity index (χ0n) is 6.74.